The van der Waals surface area contributed by atoms with E-state index in [1.807, 2.05) is 18.2 Å². The number of hydrogen-bond acceptors (Lipinski definition) is 5. The van der Waals surface area contributed by atoms with Crippen molar-refractivity contribution in [2.45, 2.75) is 31.3 Å². The number of amides is 2. The average Bonchev–Trinajstić information content (AvgIpc) is 3.32. The smallest absolute Gasteiger partial charge is 0.263 e. The van der Waals surface area contributed by atoms with Gasteiger partial charge in [-0.05, 0) is 60.7 Å². The Morgan fingerprint density at radius 1 is 0.962 bits per heavy atom. The van der Waals surface area contributed by atoms with Gasteiger partial charge in [0.2, 0.25) is 0 Å². The normalized spacial score (nSPS) is 23.7. The lowest BCUT2D eigenvalue weighted by atomic mass is 10.1. The van der Waals surface area contributed by atoms with Crippen LogP contribution in [0.15, 0.2) is 52.8 Å². The molecule has 5 rings (SSSR count). The minimum Gasteiger partial charge on any atom is -0.271 e. The molecule has 0 N–H and O–H groups in total. The summed E-state index contributed by atoms with van der Waals surface area (Å²) >= 11 is 6.05. The van der Waals surface area contributed by atoms with Crippen molar-refractivity contribution < 1.29 is 9.59 Å². The van der Waals surface area contributed by atoms with Gasteiger partial charge in [0.25, 0.3) is 11.8 Å². The predicted octanol–water partition coefficient (Wildman–Crippen LogP) is 3.33. The molecule has 26 heavy (non-hydrogen) atoms. The molecular weight excluding hydrogens is 352 g/mol. The number of imide groups is 1. The molecule has 2 aromatic carbocycles. The molecular formula is C19H15ClN4O2. The Bertz CT molecular complexity index is 974. The highest BCUT2D eigenvalue weighted by Crippen LogP contribution is 2.36. The van der Waals surface area contributed by atoms with Crippen molar-refractivity contribution in [2.75, 3.05) is 9.91 Å². The molecule has 1 fully saturated rings. The number of benzene rings is 2. The second kappa shape index (κ2) is 5.64. The van der Waals surface area contributed by atoms with Gasteiger partial charge in [0.05, 0.1) is 11.4 Å². The molecule has 2 amide bonds. The fourth-order valence-electron chi connectivity index (χ4n) is 3.94. The molecule has 0 aromatic heterocycles. The molecule has 1 saturated heterocycles. The monoisotopic (exact) mass is 366 g/mol. The molecule has 0 saturated carbocycles. The minimum absolute atomic E-state index is 0.303. The Labute approximate surface area is 155 Å². The van der Waals surface area contributed by atoms with E-state index in [0.29, 0.717) is 16.4 Å². The first-order chi connectivity index (χ1) is 12.6. The number of carbonyl (C=O) groups is 2. The van der Waals surface area contributed by atoms with Crippen molar-refractivity contribution in [1.82, 2.24) is 0 Å². The van der Waals surface area contributed by atoms with Gasteiger partial charge in [-0.3, -0.25) is 9.59 Å². The summed E-state index contributed by atoms with van der Waals surface area (Å²) < 4.78 is 0. The first-order valence-electron chi connectivity index (χ1n) is 8.59. The lowest BCUT2D eigenvalue weighted by molar-refractivity contribution is -0.121. The lowest BCUT2D eigenvalue weighted by Crippen LogP contribution is -2.39. The van der Waals surface area contributed by atoms with Crippen LogP contribution in [0.1, 0.15) is 17.5 Å². The van der Waals surface area contributed by atoms with Gasteiger partial charge in [-0.2, -0.15) is 5.11 Å². The van der Waals surface area contributed by atoms with Crippen LogP contribution in [0.2, 0.25) is 5.02 Å². The Hall–Kier alpha value is -2.73. The fourth-order valence-corrected chi connectivity index (χ4v) is 4.13. The van der Waals surface area contributed by atoms with Crippen LogP contribution < -0.4 is 9.91 Å². The standard InChI is InChI=1S/C19H15ClN4O2/c20-13-5-2-6-15(10-13)24-17-16(21-22-24)18(25)23(19(17)26)14-8-7-11-3-1-4-12(11)9-14/h2,5-10,16-17H,1,3-4H2. The third-order valence-electron chi connectivity index (χ3n) is 5.19. The van der Waals surface area contributed by atoms with Gasteiger partial charge in [-0.15, -0.1) is 0 Å². The summed E-state index contributed by atoms with van der Waals surface area (Å²) in [5.74, 6) is -0.630. The second-order valence-corrected chi connectivity index (χ2v) is 7.17. The number of carbonyl (C=O) groups excluding carboxylic acids is 2. The third kappa shape index (κ3) is 2.18. The van der Waals surface area contributed by atoms with Gasteiger partial charge in [0.1, 0.15) is 0 Å². The molecule has 2 heterocycles. The van der Waals surface area contributed by atoms with Crippen LogP contribution in [0.5, 0.6) is 0 Å². The zero-order chi connectivity index (χ0) is 17.8. The van der Waals surface area contributed by atoms with E-state index in [9.17, 15) is 9.59 Å². The summed E-state index contributed by atoms with van der Waals surface area (Å²) in [6.07, 6.45) is 3.16. The summed E-state index contributed by atoms with van der Waals surface area (Å²) in [6.45, 7) is 0. The first kappa shape index (κ1) is 15.5. The summed E-state index contributed by atoms with van der Waals surface area (Å²) in [4.78, 5) is 27.2. The number of fused-ring (bicyclic) bond motifs is 2. The number of anilines is 2. The molecule has 0 bridgehead atoms. The average molecular weight is 367 g/mol. The van der Waals surface area contributed by atoms with Crippen LogP contribution >= 0.6 is 11.6 Å². The maximum Gasteiger partial charge on any atom is 0.263 e. The maximum atomic E-state index is 13.1. The van der Waals surface area contributed by atoms with Crippen molar-refractivity contribution in [3.63, 3.8) is 0 Å². The highest BCUT2D eigenvalue weighted by molar-refractivity contribution is 6.31. The van der Waals surface area contributed by atoms with E-state index in [1.165, 1.54) is 21.0 Å². The SMILES string of the molecule is O=C1C2N=NN(c3cccc(Cl)c3)C2C(=O)N1c1ccc2c(c1)CCC2. The number of rotatable bonds is 2. The van der Waals surface area contributed by atoms with Crippen LogP contribution in [0, 0.1) is 0 Å². The molecule has 7 heteroatoms. The highest BCUT2D eigenvalue weighted by Gasteiger charge is 2.55. The van der Waals surface area contributed by atoms with Crippen molar-refractivity contribution in [1.29, 1.82) is 0 Å². The molecule has 0 radical (unpaired) electrons. The van der Waals surface area contributed by atoms with E-state index >= 15 is 0 Å². The zero-order valence-corrected chi connectivity index (χ0v) is 14.6. The molecule has 1 aliphatic carbocycles. The Morgan fingerprint density at radius 2 is 1.81 bits per heavy atom. The lowest BCUT2D eigenvalue weighted by Gasteiger charge is -2.21. The topological polar surface area (TPSA) is 65.3 Å². The van der Waals surface area contributed by atoms with E-state index in [-0.39, 0.29) is 11.8 Å². The third-order valence-corrected chi connectivity index (χ3v) is 5.43. The quantitative estimate of drug-likeness (QED) is 0.766. The van der Waals surface area contributed by atoms with Crippen LogP contribution in [0.3, 0.4) is 0 Å². The van der Waals surface area contributed by atoms with E-state index in [0.717, 1.165) is 19.3 Å². The number of halogens is 1. The Morgan fingerprint density at radius 3 is 2.65 bits per heavy atom. The molecule has 6 nitrogen and oxygen atoms in total. The predicted molar refractivity (Wildman–Crippen MR) is 97.3 cm³/mol. The maximum absolute atomic E-state index is 13.1. The van der Waals surface area contributed by atoms with Gasteiger partial charge >= 0.3 is 0 Å². The molecule has 0 spiro atoms. The number of hydrogen-bond donors (Lipinski definition) is 0. The van der Waals surface area contributed by atoms with Crippen molar-refractivity contribution in [3.8, 4) is 0 Å². The highest BCUT2D eigenvalue weighted by atomic mass is 35.5. The van der Waals surface area contributed by atoms with E-state index in [2.05, 4.69) is 10.3 Å². The fraction of sp³-hybridized carbons (Fsp3) is 0.263. The molecule has 2 unspecified atom stereocenters. The first-order valence-corrected chi connectivity index (χ1v) is 8.96. The zero-order valence-electron chi connectivity index (χ0n) is 13.8. The molecule has 130 valence electrons. The summed E-state index contributed by atoms with van der Waals surface area (Å²) in [7, 11) is 0. The van der Waals surface area contributed by atoms with Crippen molar-refractivity contribution >= 4 is 34.8 Å². The summed E-state index contributed by atoms with van der Waals surface area (Å²) in [5, 5.41) is 10.1. The van der Waals surface area contributed by atoms with E-state index < -0.39 is 12.1 Å². The summed E-state index contributed by atoms with van der Waals surface area (Å²) in [6, 6.07) is 11.3. The number of nitrogens with zero attached hydrogens (tertiary/aromatic N) is 4. The van der Waals surface area contributed by atoms with Gasteiger partial charge in [0.15, 0.2) is 12.1 Å². The van der Waals surface area contributed by atoms with Crippen LogP contribution in [0.25, 0.3) is 0 Å². The molecule has 2 atom stereocenters. The minimum atomic E-state index is -0.810. The van der Waals surface area contributed by atoms with Gasteiger partial charge < -0.3 is 0 Å². The van der Waals surface area contributed by atoms with Crippen LogP contribution in [0.4, 0.5) is 11.4 Å². The number of aryl methyl sites for hydroxylation is 2. The molecule has 2 aromatic rings. The second-order valence-electron chi connectivity index (χ2n) is 6.74. The molecule has 2 aliphatic heterocycles. The Balaban J connectivity index is 1.51. The largest absolute Gasteiger partial charge is 0.271 e. The van der Waals surface area contributed by atoms with E-state index in [1.54, 1.807) is 24.3 Å². The van der Waals surface area contributed by atoms with Crippen LogP contribution in [-0.4, -0.2) is 23.9 Å². The van der Waals surface area contributed by atoms with Crippen molar-refractivity contribution in [3.05, 3.63) is 58.6 Å². The van der Waals surface area contributed by atoms with E-state index in [4.69, 9.17) is 11.6 Å². The van der Waals surface area contributed by atoms with Gasteiger partial charge in [-0.1, -0.05) is 29.0 Å². The Kier molecular flexibility index (Phi) is 3.37. The van der Waals surface area contributed by atoms with Crippen molar-refractivity contribution in [2.24, 2.45) is 10.3 Å². The van der Waals surface area contributed by atoms with Gasteiger partial charge in [0, 0.05) is 5.02 Å². The molecule has 3 aliphatic rings. The van der Waals surface area contributed by atoms with Crippen LogP contribution in [-0.2, 0) is 22.4 Å². The van der Waals surface area contributed by atoms with Gasteiger partial charge in [-0.25, -0.2) is 9.91 Å². The summed E-state index contributed by atoms with van der Waals surface area (Å²) in [5.41, 5.74) is 3.78.